The third-order valence-electron chi connectivity index (χ3n) is 15.8. The van der Waals surface area contributed by atoms with Crippen molar-refractivity contribution in [3.63, 3.8) is 0 Å². The summed E-state index contributed by atoms with van der Waals surface area (Å²) in [6.45, 7) is 36.7. The van der Waals surface area contributed by atoms with Crippen molar-refractivity contribution in [1.29, 1.82) is 0 Å². The molecule has 10 rings (SSSR count). The molecule has 0 saturated carbocycles. The Bertz CT molecular complexity index is 3620. The van der Waals surface area contributed by atoms with Crippen LogP contribution in [0.4, 0.5) is 17.1 Å². The number of ether oxygens (including phenoxy) is 1. The number of aromatic nitrogens is 1. The molecule has 404 valence electrons. The zero-order valence-corrected chi connectivity index (χ0v) is 51.2. The minimum absolute atomic E-state index is 0. The molecule has 5 heteroatoms. The van der Waals surface area contributed by atoms with Gasteiger partial charge in [0.2, 0.25) is 0 Å². The molecule has 0 saturated heterocycles. The van der Waals surface area contributed by atoms with E-state index in [-0.39, 0.29) is 49.9 Å². The van der Waals surface area contributed by atoms with Gasteiger partial charge in [0.25, 0.3) is 0 Å². The van der Waals surface area contributed by atoms with Crippen LogP contribution in [0, 0.1) is 12.1 Å². The van der Waals surface area contributed by atoms with Crippen LogP contribution in [0.25, 0.3) is 60.4 Å². The van der Waals surface area contributed by atoms with Crippen LogP contribution in [0.5, 0.6) is 11.5 Å². The Morgan fingerprint density at radius 3 is 1.72 bits per heavy atom. The van der Waals surface area contributed by atoms with Crippen molar-refractivity contribution in [3.8, 4) is 45.0 Å². The van der Waals surface area contributed by atoms with Gasteiger partial charge in [0.05, 0.1) is 0 Å². The van der Waals surface area contributed by atoms with Gasteiger partial charge in [0.15, 0.2) is 0 Å². The minimum Gasteiger partial charge on any atom is -0.661 e. The van der Waals surface area contributed by atoms with E-state index in [1.54, 1.807) is 0 Å². The molecule has 1 aromatic heterocycles. The Labute approximate surface area is 481 Å². The minimum atomic E-state index is -0.363. The Kier molecular flexibility index (Phi) is 15.8. The monoisotopic (exact) mass is 1210 g/mol. The third-order valence-corrected chi connectivity index (χ3v) is 15.8. The molecule has 0 amide bonds. The van der Waals surface area contributed by atoms with E-state index in [2.05, 4.69) is 267 Å². The first-order valence-corrected chi connectivity index (χ1v) is 28.2. The third kappa shape index (κ3) is 11.1. The summed E-state index contributed by atoms with van der Waals surface area (Å²) in [7, 11) is 0. The summed E-state index contributed by atoms with van der Waals surface area (Å²) >= 11 is 0. The van der Waals surface area contributed by atoms with Crippen molar-refractivity contribution in [1.82, 2.24) is 4.98 Å². The quantitative estimate of drug-likeness (QED) is 0.0904. The van der Waals surface area contributed by atoms with Crippen LogP contribution < -0.4 is 9.64 Å². The molecular formula is C73H78N3OPt-3. The Balaban J connectivity index is 0.00000740. The second kappa shape index (κ2) is 22.0. The number of hydrogen-bond donors (Lipinski definition) is 0. The molecule has 1 aliphatic heterocycles. The first kappa shape index (κ1) is 56.2. The number of para-hydroxylation sites is 2. The molecule has 8 aromatic carbocycles. The molecule has 2 heterocycles. The van der Waals surface area contributed by atoms with Gasteiger partial charge in [-0.2, -0.15) is 11.6 Å². The van der Waals surface area contributed by atoms with E-state index in [1.807, 2.05) is 6.20 Å². The maximum Gasteiger partial charge on any atom is 0.0471 e. The second-order valence-corrected chi connectivity index (χ2v) is 25.3. The molecule has 0 radical (unpaired) electrons. The van der Waals surface area contributed by atoms with Crippen molar-refractivity contribution in [3.05, 3.63) is 208 Å². The van der Waals surface area contributed by atoms with Crippen molar-refractivity contribution < 1.29 is 25.8 Å². The molecule has 0 fully saturated rings. The molecule has 1 atom stereocenters. The van der Waals surface area contributed by atoms with E-state index in [0.29, 0.717) is 29.3 Å². The molecule has 78 heavy (non-hydrogen) atoms. The van der Waals surface area contributed by atoms with Crippen LogP contribution in [-0.4, -0.2) is 4.98 Å². The molecule has 0 N–H and O–H groups in total. The molecule has 4 nitrogen and oxygen atoms in total. The predicted molar refractivity (Wildman–Crippen MR) is 328 cm³/mol. The number of benzene rings is 8. The van der Waals surface area contributed by atoms with Gasteiger partial charge in [-0.05, 0) is 142 Å². The van der Waals surface area contributed by atoms with Gasteiger partial charge >= 0.3 is 0 Å². The molecule has 0 spiro atoms. The van der Waals surface area contributed by atoms with E-state index >= 15 is 0 Å². The van der Waals surface area contributed by atoms with Gasteiger partial charge in [0, 0.05) is 50.1 Å². The van der Waals surface area contributed by atoms with E-state index in [9.17, 15) is 0 Å². The Morgan fingerprint density at radius 2 is 1.09 bits per heavy atom. The van der Waals surface area contributed by atoms with E-state index in [4.69, 9.17) is 15.0 Å². The van der Waals surface area contributed by atoms with Crippen molar-refractivity contribution in [2.75, 3.05) is 4.90 Å². The molecule has 1 aliphatic rings. The fraction of sp³-hybridized carbons (Fsp3) is 0.329. The fourth-order valence-electron chi connectivity index (χ4n) is 11.2. The maximum absolute atomic E-state index is 7.12. The van der Waals surface area contributed by atoms with Crippen LogP contribution >= 0.6 is 0 Å². The van der Waals surface area contributed by atoms with Gasteiger partial charge in [-0.25, -0.2) is 0 Å². The van der Waals surface area contributed by atoms with Crippen LogP contribution in [-0.2, 0) is 31.9 Å². The van der Waals surface area contributed by atoms with Gasteiger partial charge in [-0.3, -0.25) is 0 Å². The number of fused-ring (bicyclic) bond motifs is 4. The molecule has 0 aliphatic carbocycles. The topological polar surface area (TPSA) is 39.5 Å². The summed E-state index contributed by atoms with van der Waals surface area (Å²) in [6.07, 6.45) is 1.60. The number of nitrogens with zero attached hydrogens (tertiary/aromatic N) is 3. The van der Waals surface area contributed by atoms with E-state index in [0.717, 1.165) is 44.9 Å². The van der Waals surface area contributed by atoms with Crippen molar-refractivity contribution >= 4 is 38.6 Å². The van der Waals surface area contributed by atoms with Gasteiger partial charge in [-0.15, -0.1) is 40.6 Å². The van der Waals surface area contributed by atoms with Crippen LogP contribution in [0.15, 0.2) is 146 Å². The summed E-state index contributed by atoms with van der Waals surface area (Å²) in [5, 5.41) is 10.6. The predicted octanol–water partition coefficient (Wildman–Crippen LogP) is 21.8. The summed E-state index contributed by atoms with van der Waals surface area (Å²) in [5.41, 5.74) is 19.6. The van der Waals surface area contributed by atoms with E-state index in [1.165, 1.54) is 71.7 Å². The van der Waals surface area contributed by atoms with Gasteiger partial charge in [-0.1, -0.05) is 220 Å². The first-order chi connectivity index (χ1) is 36.5. The second-order valence-electron chi connectivity index (χ2n) is 25.3. The standard InChI is InChI=1S/C73H78N3O.Pt/c1-43(2)52-36-64(46(7)8)70(65(37-52)47(9)10)76-68-24-20-19-23-66(68)75-71(76)55-33-57(73(14,15)16)42-59(35-55)77-58-34-54(32-56(41-58)72(11,12)13)67-40-51(29-30-74-67)69-62(44(3)4)38-53(39-63(69)45(5)6)49-27-28-61-50(31-49)26-25-48-21-17-18-22-60(48)61;/h17-33,36-47,71H,1-16H3;/q-3;. The fourth-order valence-corrected chi connectivity index (χ4v) is 11.2. The largest absolute Gasteiger partial charge is 0.661 e. The smallest absolute Gasteiger partial charge is 0.0471 e. The normalized spacial score (nSPS) is 13.8. The zero-order chi connectivity index (χ0) is 54.8. The molecule has 0 bridgehead atoms. The maximum atomic E-state index is 7.12. The van der Waals surface area contributed by atoms with Crippen LogP contribution in [0.1, 0.15) is 191 Å². The summed E-state index contributed by atoms with van der Waals surface area (Å²) in [4.78, 5) is 7.57. The van der Waals surface area contributed by atoms with Crippen LogP contribution in [0.2, 0.25) is 0 Å². The number of anilines is 2. The number of pyridine rings is 1. The van der Waals surface area contributed by atoms with Crippen molar-refractivity contribution in [2.45, 2.75) is 157 Å². The zero-order valence-electron chi connectivity index (χ0n) is 48.9. The number of hydrogen-bond acceptors (Lipinski definition) is 3. The molecule has 1 unspecified atom stereocenters. The molecular weight excluding hydrogens is 1130 g/mol. The Morgan fingerprint density at radius 1 is 0.513 bits per heavy atom. The summed E-state index contributed by atoms with van der Waals surface area (Å²) in [6, 6.07) is 59.3. The van der Waals surface area contributed by atoms with Gasteiger partial charge < -0.3 is 19.9 Å². The summed E-state index contributed by atoms with van der Waals surface area (Å²) < 4.78 is 7.12. The van der Waals surface area contributed by atoms with Gasteiger partial charge in [0.1, 0.15) is 0 Å². The Hall–Kier alpha value is -6.48. The van der Waals surface area contributed by atoms with E-state index < -0.39 is 0 Å². The average Bonchev–Trinajstić information content (AvgIpc) is 3.97. The average molecular weight is 1210 g/mol. The van der Waals surface area contributed by atoms with Crippen LogP contribution in [0.3, 0.4) is 0 Å². The SMILES string of the molecule is CC(C)c1cc(C(C)C)c(N2c3ccccc3[N-]C2c2[c-]c(Oc3[c-]c(-c4cc(-c5c(C(C)C)cc(-c6ccc7c(ccc8ccccc87)c6)cc5C(C)C)ccn4)cc(C(C)(C)C)c3)cc(C(C)(C)C)c2)c(C(C)C)c1.[Pt]. The number of rotatable bonds is 12. The van der Waals surface area contributed by atoms with Crippen molar-refractivity contribution in [2.24, 2.45) is 0 Å². The molecule has 9 aromatic rings. The summed E-state index contributed by atoms with van der Waals surface area (Å²) in [5.74, 6) is 2.83. The first-order valence-electron chi connectivity index (χ1n) is 28.2.